The first-order chi connectivity index (χ1) is 49.7. The molecule has 0 aromatic rings. The molecule has 0 saturated heterocycles. The summed E-state index contributed by atoms with van der Waals surface area (Å²) >= 11 is 0. The maximum absolute atomic E-state index is 13.1. The van der Waals surface area contributed by atoms with Gasteiger partial charge in [-0.05, 0) is 128 Å². The Labute approximate surface area is 619 Å². The first kappa shape index (κ1) is 97.7. The third-order valence-electron chi connectivity index (χ3n) is 16.7. The van der Waals surface area contributed by atoms with Crippen LogP contribution in [-0.2, 0) is 65.4 Å². The molecular formula is C83H144O17P2. The fraction of sp³-hybridized carbons (Fsp3) is 0.735. The molecule has 0 spiro atoms. The highest BCUT2D eigenvalue weighted by Gasteiger charge is 2.30. The Morgan fingerprint density at radius 1 is 0.284 bits per heavy atom. The van der Waals surface area contributed by atoms with Gasteiger partial charge in [0.25, 0.3) is 0 Å². The summed E-state index contributed by atoms with van der Waals surface area (Å²) in [7, 11) is -9.97. The van der Waals surface area contributed by atoms with E-state index in [9.17, 15) is 43.2 Å². The number of ether oxygens (including phenoxy) is 4. The second-order valence-corrected chi connectivity index (χ2v) is 29.5. The van der Waals surface area contributed by atoms with Crippen LogP contribution in [0.15, 0.2) is 109 Å². The lowest BCUT2D eigenvalue weighted by Crippen LogP contribution is -2.30. The van der Waals surface area contributed by atoms with Gasteiger partial charge >= 0.3 is 39.5 Å². The molecule has 0 rings (SSSR count). The lowest BCUT2D eigenvalue weighted by atomic mass is 10.0. The van der Waals surface area contributed by atoms with Crippen molar-refractivity contribution < 1.29 is 80.2 Å². The van der Waals surface area contributed by atoms with Gasteiger partial charge in [-0.2, -0.15) is 0 Å². The molecule has 0 aliphatic rings. The third-order valence-corrected chi connectivity index (χ3v) is 18.6. The number of rotatable bonds is 75. The number of unbranched alkanes of at least 4 members (excludes halogenated alkanes) is 31. The van der Waals surface area contributed by atoms with Gasteiger partial charge in [0.2, 0.25) is 0 Å². The van der Waals surface area contributed by atoms with Crippen LogP contribution in [0, 0.1) is 0 Å². The second kappa shape index (κ2) is 75.0. The Bertz CT molecular complexity index is 2360. The van der Waals surface area contributed by atoms with Crippen LogP contribution in [0.3, 0.4) is 0 Å². The van der Waals surface area contributed by atoms with Gasteiger partial charge in [0, 0.05) is 25.7 Å². The molecule has 5 atom stereocenters. The summed E-state index contributed by atoms with van der Waals surface area (Å²) in [4.78, 5) is 73.0. The van der Waals surface area contributed by atoms with Crippen LogP contribution in [0.25, 0.3) is 0 Å². The van der Waals surface area contributed by atoms with Crippen LogP contribution in [0.4, 0.5) is 0 Å². The lowest BCUT2D eigenvalue weighted by Gasteiger charge is -2.21. The molecular weight excluding hydrogens is 1330 g/mol. The van der Waals surface area contributed by atoms with E-state index in [0.29, 0.717) is 25.7 Å². The van der Waals surface area contributed by atoms with Crippen molar-refractivity contribution in [3.8, 4) is 0 Å². The average Bonchev–Trinajstić information content (AvgIpc) is 0.908. The van der Waals surface area contributed by atoms with Gasteiger partial charge in [-0.25, -0.2) is 9.13 Å². The van der Waals surface area contributed by atoms with Crippen molar-refractivity contribution in [3.63, 3.8) is 0 Å². The van der Waals surface area contributed by atoms with Crippen LogP contribution >= 0.6 is 15.6 Å². The molecule has 0 heterocycles. The molecule has 0 aromatic carbocycles. The van der Waals surface area contributed by atoms with Crippen LogP contribution < -0.4 is 0 Å². The number of phosphoric ester groups is 2. The average molecular weight is 1480 g/mol. The zero-order chi connectivity index (χ0) is 74.6. The highest BCUT2D eigenvalue weighted by Crippen LogP contribution is 2.45. The monoisotopic (exact) mass is 1470 g/mol. The quantitative estimate of drug-likeness (QED) is 0.0169. The molecule has 0 radical (unpaired) electrons. The fourth-order valence-corrected chi connectivity index (χ4v) is 12.2. The molecule has 5 unspecified atom stereocenters. The molecule has 0 bridgehead atoms. The van der Waals surface area contributed by atoms with Crippen LogP contribution in [-0.4, -0.2) is 96.7 Å². The zero-order valence-corrected chi connectivity index (χ0v) is 66.0. The Balaban J connectivity index is 5.37. The number of carbonyl (C=O) groups is 4. The Hall–Kier alpha value is -4.28. The van der Waals surface area contributed by atoms with Gasteiger partial charge in [-0.1, -0.05) is 291 Å². The predicted octanol–water partition coefficient (Wildman–Crippen LogP) is 23.3. The van der Waals surface area contributed by atoms with Gasteiger partial charge in [0.15, 0.2) is 12.2 Å². The van der Waals surface area contributed by atoms with Gasteiger partial charge in [0.1, 0.15) is 19.3 Å². The zero-order valence-electron chi connectivity index (χ0n) is 64.3. The minimum Gasteiger partial charge on any atom is -0.462 e. The minimum absolute atomic E-state index is 0.0803. The summed E-state index contributed by atoms with van der Waals surface area (Å²) in [5.41, 5.74) is 0. The second-order valence-electron chi connectivity index (χ2n) is 26.6. The summed E-state index contributed by atoms with van der Waals surface area (Å²) in [6.07, 6.45) is 80.7. The van der Waals surface area contributed by atoms with Crippen molar-refractivity contribution in [2.24, 2.45) is 0 Å². The van der Waals surface area contributed by atoms with Crippen molar-refractivity contribution in [2.75, 3.05) is 39.6 Å². The summed E-state index contributed by atoms with van der Waals surface area (Å²) in [5.74, 6) is -2.23. The molecule has 102 heavy (non-hydrogen) atoms. The van der Waals surface area contributed by atoms with Gasteiger partial charge < -0.3 is 33.8 Å². The summed E-state index contributed by atoms with van der Waals surface area (Å²) < 4.78 is 68.6. The van der Waals surface area contributed by atoms with E-state index in [-0.39, 0.29) is 25.7 Å². The minimum atomic E-state index is -4.98. The first-order valence-corrected chi connectivity index (χ1v) is 43.1. The van der Waals surface area contributed by atoms with E-state index in [0.717, 1.165) is 167 Å². The molecule has 0 aliphatic carbocycles. The third kappa shape index (κ3) is 74.0. The van der Waals surface area contributed by atoms with E-state index < -0.39 is 97.5 Å². The molecule has 0 saturated carbocycles. The topological polar surface area (TPSA) is 237 Å². The van der Waals surface area contributed by atoms with E-state index in [4.69, 9.17) is 37.0 Å². The normalized spacial score (nSPS) is 14.5. The molecule has 3 N–H and O–H groups in total. The molecule has 17 nitrogen and oxygen atoms in total. The van der Waals surface area contributed by atoms with Gasteiger partial charge in [0.05, 0.1) is 26.4 Å². The van der Waals surface area contributed by atoms with Crippen molar-refractivity contribution in [1.82, 2.24) is 0 Å². The van der Waals surface area contributed by atoms with Gasteiger partial charge in [-0.3, -0.25) is 37.3 Å². The molecule has 0 amide bonds. The van der Waals surface area contributed by atoms with E-state index in [1.165, 1.54) is 89.9 Å². The van der Waals surface area contributed by atoms with Crippen molar-refractivity contribution in [1.29, 1.82) is 0 Å². The number of phosphoric acid groups is 2. The van der Waals surface area contributed by atoms with Crippen molar-refractivity contribution >= 4 is 39.5 Å². The summed E-state index contributed by atoms with van der Waals surface area (Å²) in [6, 6.07) is 0. The highest BCUT2D eigenvalue weighted by atomic mass is 31.2. The number of esters is 4. The molecule has 0 aliphatic heterocycles. The van der Waals surface area contributed by atoms with E-state index in [2.05, 4.69) is 137 Å². The summed E-state index contributed by atoms with van der Waals surface area (Å²) in [6.45, 7) is 4.60. The highest BCUT2D eigenvalue weighted by molar-refractivity contribution is 7.47. The molecule has 588 valence electrons. The summed E-state index contributed by atoms with van der Waals surface area (Å²) in [5, 5.41) is 10.6. The smallest absolute Gasteiger partial charge is 0.462 e. The Kier molecular flexibility index (Phi) is 71.8. The van der Waals surface area contributed by atoms with E-state index in [1.807, 2.05) is 0 Å². The maximum atomic E-state index is 13.1. The number of carbonyl (C=O) groups excluding carboxylic acids is 4. The van der Waals surface area contributed by atoms with Crippen LogP contribution in [0.1, 0.15) is 336 Å². The predicted molar refractivity (Wildman–Crippen MR) is 418 cm³/mol. The number of hydrogen-bond acceptors (Lipinski definition) is 15. The number of aliphatic hydroxyl groups is 1. The standard InChI is InChI=1S/C83H144O17P2/c1-5-9-13-17-21-25-29-33-36-37-38-39-42-45-48-52-56-60-64-68-81(86)94-73-78(99-82(87)69-65-61-57-53-49-43-32-28-24-20-16-12-8-4)75-97-101(89,90)95-71-77(84)72-96-102(91,92)98-76-79(100-83(88)70-66-62-58-54-50-46-41-35-31-27-23-19-15-11-7-3)74-93-80(85)67-63-59-55-51-47-44-40-34-30-26-22-18-14-10-6-2/h9-10,13-14,21-22,25-26,28,32-34,36,38-40,47,51,77-79,84H,5-8,11-12,15-20,23-24,27,29-31,35,37,41-46,48-50,52-76H2,1-4H3,(H,89,90)(H,91,92)/b13-9-,14-10-,25-21-,26-22-,32-28-,36-33-,39-38-,40-34-,51-47-. The molecule has 0 fully saturated rings. The Morgan fingerprint density at radius 3 is 0.824 bits per heavy atom. The molecule has 19 heteroatoms. The number of allylic oxidation sites excluding steroid dienone is 18. The van der Waals surface area contributed by atoms with Crippen molar-refractivity contribution in [3.05, 3.63) is 109 Å². The lowest BCUT2D eigenvalue weighted by molar-refractivity contribution is -0.161. The Morgan fingerprint density at radius 2 is 0.510 bits per heavy atom. The van der Waals surface area contributed by atoms with Gasteiger partial charge in [-0.15, -0.1) is 0 Å². The first-order valence-electron chi connectivity index (χ1n) is 40.1. The number of aliphatic hydroxyl groups excluding tert-OH is 1. The van der Waals surface area contributed by atoms with Crippen LogP contribution in [0.2, 0.25) is 0 Å². The van der Waals surface area contributed by atoms with E-state index >= 15 is 0 Å². The SMILES string of the molecule is CC/C=C\C/C=C\C/C=C\C/C=C\CCCCCCCCC(=O)OCC(COP(=O)(O)OCC(O)COP(=O)(O)OCC(COC(=O)CCCC/C=C\C/C=C\C/C=C\C/C=C\CC)OC(=O)CCCCCCCCCCCCCCCCC)OC(=O)CCCCCCC/C=C\CCCCCC. The van der Waals surface area contributed by atoms with Crippen molar-refractivity contribution in [2.45, 2.75) is 354 Å². The van der Waals surface area contributed by atoms with Crippen LogP contribution in [0.5, 0.6) is 0 Å². The van der Waals surface area contributed by atoms with E-state index in [1.54, 1.807) is 0 Å². The number of hydrogen-bond donors (Lipinski definition) is 3. The largest absolute Gasteiger partial charge is 0.472 e. The molecule has 0 aromatic heterocycles. The fourth-order valence-electron chi connectivity index (χ4n) is 10.7. The maximum Gasteiger partial charge on any atom is 0.472 e.